The molecule has 6 heteroatoms. The highest BCUT2D eigenvalue weighted by molar-refractivity contribution is 7.19. The summed E-state index contributed by atoms with van der Waals surface area (Å²) in [4.78, 5) is 16.8. The molecular weight excluding hydrogens is 352 g/mol. The number of para-hydroxylation sites is 1. The molecule has 25 heavy (non-hydrogen) atoms. The number of anilines is 2. The van der Waals surface area contributed by atoms with E-state index in [4.69, 9.17) is 0 Å². The van der Waals surface area contributed by atoms with Crippen molar-refractivity contribution in [1.82, 2.24) is 9.97 Å². The molecule has 3 aromatic rings. The lowest BCUT2D eigenvalue weighted by molar-refractivity contribution is 0.649. The first-order chi connectivity index (χ1) is 11.9. The van der Waals surface area contributed by atoms with E-state index in [0.29, 0.717) is 0 Å². The van der Waals surface area contributed by atoms with Crippen molar-refractivity contribution < 1.29 is 0 Å². The van der Waals surface area contributed by atoms with E-state index >= 15 is 0 Å². The maximum Gasteiger partial charge on any atom is 0.141 e. The molecule has 1 aliphatic heterocycles. The van der Waals surface area contributed by atoms with Crippen molar-refractivity contribution in [2.75, 3.05) is 36.0 Å². The van der Waals surface area contributed by atoms with Crippen LogP contribution < -0.4 is 9.80 Å². The van der Waals surface area contributed by atoms with Crippen molar-refractivity contribution in [3.63, 3.8) is 0 Å². The van der Waals surface area contributed by atoms with Gasteiger partial charge in [-0.05, 0) is 37.0 Å². The van der Waals surface area contributed by atoms with Crippen molar-refractivity contribution >= 4 is 45.5 Å². The Balaban J connectivity index is 0.00000157. The van der Waals surface area contributed by atoms with Crippen LogP contribution >= 0.6 is 23.7 Å². The number of halogens is 1. The Kier molecular flexibility index (Phi) is 4.52. The molecular formula is C19H21ClN4S. The molecule has 2 aliphatic rings. The van der Waals surface area contributed by atoms with Gasteiger partial charge in [-0.3, -0.25) is 0 Å². The van der Waals surface area contributed by atoms with Gasteiger partial charge in [0, 0.05) is 36.7 Å². The van der Waals surface area contributed by atoms with Gasteiger partial charge in [0.1, 0.15) is 17.0 Å². The summed E-state index contributed by atoms with van der Waals surface area (Å²) in [6, 6.07) is 10.7. The highest BCUT2D eigenvalue weighted by atomic mass is 35.5. The Labute approximate surface area is 157 Å². The Morgan fingerprint density at radius 1 is 0.880 bits per heavy atom. The zero-order valence-electron chi connectivity index (χ0n) is 14.0. The summed E-state index contributed by atoms with van der Waals surface area (Å²) in [6.45, 7) is 4.13. The first-order valence-electron chi connectivity index (χ1n) is 8.70. The minimum Gasteiger partial charge on any atom is -0.368 e. The summed E-state index contributed by atoms with van der Waals surface area (Å²) in [6.07, 6.45) is 5.44. The van der Waals surface area contributed by atoms with Gasteiger partial charge >= 0.3 is 0 Å². The molecule has 1 aliphatic carbocycles. The van der Waals surface area contributed by atoms with Crippen LogP contribution in [-0.4, -0.2) is 36.1 Å². The molecule has 1 saturated heterocycles. The van der Waals surface area contributed by atoms with Crippen LogP contribution in [0.1, 0.15) is 16.9 Å². The third-order valence-corrected chi connectivity index (χ3v) is 6.38. The van der Waals surface area contributed by atoms with Gasteiger partial charge in [0.2, 0.25) is 0 Å². The van der Waals surface area contributed by atoms with Gasteiger partial charge in [-0.2, -0.15) is 0 Å². The Bertz CT molecular complexity index is 872. The SMILES string of the molecule is Cl.c1ccc(N2CCN(c3ncnc4sc5c(c34)CCC5)CC2)cc1. The van der Waals surface area contributed by atoms with E-state index in [9.17, 15) is 0 Å². The van der Waals surface area contributed by atoms with Crippen LogP contribution in [0.15, 0.2) is 36.7 Å². The summed E-state index contributed by atoms with van der Waals surface area (Å²) < 4.78 is 0. The van der Waals surface area contributed by atoms with E-state index in [1.165, 1.54) is 45.6 Å². The van der Waals surface area contributed by atoms with Crippen LogP contribution in [0.2, 0.25) is 0 Å². The van der Waals surface area contributed by atoms with Crippen molar-refractivity contribution in [3.8, 4) is 0 Å². The average molecular weight is 373 g/mol. The summed E-state index contributed by atoms with van der Waals surface area (Å²) in [5, 5.41) is 1.34. The largest absolute Gasteiger partial charge is 0.368 e. The van der Waals surface area contributed by atoms with Crippen LogP contribution in [0.3, 0.4) is 0 Å². The molecule has 0 N–H and O–H groups in total. The number of aryl methyl sites for hydroxylation is 2. The monoisotopic (exact) mass is 372 g/mol. The lowest BCUT2D eigenvalue weighted by Crippen LogP contribution is -2.46. The quantitative estimate of drug-likeness (QED) is 0.682. The third-order valence-electron chi connectivity index (χ3n) is 5.18. The minimum atomic E-state index is 0. The number of hydrogen-bond acceptors (Lipinski definition) is 5. The van der Waals surface area contributed by atoms with Gasteiger partial charge in [-0.15, -0.1) is 23.7 Å². The molecule has 0 saturated carbocycles. The standard InChI is InChI=1S/C19H20N4S.ClH/c1-2-5-14(6-3-1)22-9-11-23(12-10-22)18-17-15-7-4-8-16(15)24-19(17)21-13-20-18;/h1-3,5-6,13H,4,7-12H2;1H. The zero-order valence-corrected chi connectivity index (χ0v) is 15.7. The van der Waals surface area contributed by atoms with E-state index in [2.05, 4.69) is 50.1 Å². The van der Waals surface area contributed by atoms with Crippen LogP contribution in [-0.2, 0) is 12.8 Å². The van der Waals surface area contributed by atoms with Gasteiger partial charge in [0.25, 0.3) is 0 Å². The zero-order chi connectivity index (χ0) is 15.9. The van der Waals surface area contributed by atoms with Crippen molar-refractivity contribution in [3.05, 3.63) is 47.1 Å². The first-order valence-corrected chi connectivity index (χ1v) is 9.52. The summed E-state index contributed by atoms with van der Waals surface area (Å²) >= 11 is 1.87. The fraction of sp³-hybridized carbons (Fsp3) is 0.368. The van der Waals surface area contributed by atoms with Gasteiger partial charge in [-0.25, -0.2) is 9.97 Å². The second-order valence-corrected chi connectivity index (χ2v) is 7.63. The van der Waals surface area contributed by atoms with E-state index in [1.807, 2.05) is 11.3 Å². The number of piperazine rings is 1. The molecule has 0 amide bonds. The van der Waals surface area contributed by atoms with Gasteiger partial charge < -0.3 is 9.80 Å². The maximum atomic E-state index is 4.68. The second kappa shape index (κ2) is 6.81. The number of fused-ring (bicyclic) bond motifs is 3. The molecule has 0 spiro atoms. The molecule has 0 radical (unpaired) electrons. The number of hydrogen-bond donors (Lipinski definition) is 0. The number of thiophene rings is 1. The Morgan fingerprint density at radius 3 is 2.44 bits per heavy atom. The van der Waals surface area contributed by atoms with Crippen molar-refractivity contribution in [2.45, 2.75) is 19.3 Å². The molecule has 0 atom stereocenters. The van der Waals surface area contributed by atoms with Crippen LogP contribution in [0.4, 0.5) is 11.5 Å². The number of nitrogens with zero attached hydrogens (tertiary/aromatic N) is 4. The van der Waals surface area contributed by atoms with Crippen molar-refractivity contribution in [2.24, 2.45) is 0 Å². The number of aromatic nitrogens is 2. The molecule has 2 aromatic heterocycles. The second-order valence-electron chi connectivity index (χ2n) is 6.54. The van der Waals surface area contributed by atoms with Crippen LogP contribution in [0, 0.1) is 0 Å². The highest BCUT2D eigenvalue weighted by Gasteiger charge is 2.25. The molecule has 0 bridgehead atoms. The topological polar surface area (TPSA) is 32.3 Å². The first kappa shape index (κ1) is 16.6. The van der Waals surface area contributed by atoms with Crippen molar-refractivity contribution in [1.29, 1.82) is 0 Å². The fourth-order valence-electron chi connectivity index (χ4n) is 3.97. The van der Waals surface area contributed by atoms with E-state index < -0.39 is 0 Å². The van der Waals surface area contributed by atoms with Gasteiger partial charge in [0.05, 0.1) is 5.39 Å². The maximum absolute atomic E-state index is 4.68. The van der Waals surface area contributed by atoms with E-state index in [0.717, 1.165) is 32.0 Å². The van der Waals surface area contributed by atoms with Crippen LogP contribution in [0.25, 0.3) is 10.2 Å². The summed E-state index contributed by atoms with van der Waals surface area (Å²) in [7, 11) is 0. The number of benzene rings is 1. The molecule has 0 unspecified atom stereocenters. The molecule has 1 fully saturated rings. The summed E-state index contributed by atoms with van der Waals surface area (Å²) in [5.41, 5.74) is 2.84. The lowest BCUT2D eigenvalue weighted by atomic mass is 10.1. The molecule has 1 aromatic carbocycles. The third kappa shape index (κ3) is 2.85. The molecule has 4 nitrogen and oxygen atoms in total. The minimum absolute atomic E-state index is 0. The lowest BCUT2D eigenvalue weighted by Gasteiger charge is -2.37. The fourth-order valence-corrected chi connectivity index (χ4v) is 5.19. The van der Waals surface area contributed by atoms with Gasteiger partial charge in [0.15, 0.2) is 0 Å². The molecule has 3 heterocycles. The van der Waals surface area contributed by atoms with E-state index in [1.54, 1.807) is 6.33 Å². The number of rotatable bonds is 2. The average Bonchev–Trinajstić information content (AvgIpc) is 3.23. The normalized spacial score (nSPS) is 16.8. The van der Waals surface area contributed by atoms with E-state index in [-0.39, 0.29) is 12.4 Å². The molecule has 5 rings (SSSR count). The van der Waals surface area contributed by atoms with Crippen LogP contribution in [0.5, 0.6) is 0 Å². The Morgan fingerprint density at radius 2 is 1.64 bits per heavy atom. The highest BCUT2D eigenvalue weighted by Crippen LogP contribution is 2.40. The Hall–Kier alpha value is -1.85. The smallest absolute Gasteiger partial charge is 0.141 e. The molecule has 130 valence electrons. The predicted octanol–water partition coefficient (Wildman–Crippen LogP) is 3.93. The summed E-state index contributed by atoms with van der Waals surface area (Å²) in [5.74, 6) is 1.16. The predicted molar refractivity (Wildman–Crippen MR) is 108 cm³/mol. The van der Waals surface area contributed by atoms with Gasteiger partial charge in [-0.1, -0.05) is 18.2 Å².